The number of benzene rings is 1. The smallest absolute Gasteiger partial charge is 0.0343 e. The van der Waals surface area contributed by atoms with Crippen molar-refractivity contribution in [2.75, 3.05) is 30.3 Å². The van der Waals surface area contributed by atoms with Crippen LogP contribution in [-0.4, -0.2) is 29.5 Å². The average Bonchev–Trinajstić information content (AvgIpc) is 2.25. The molecule has 0 saturated carbocycles. The van der Waals surface area contributed by atoms with Crippen LogP contribution in [0.3, 0.4) is 0 Å². The summed E-state index contributed by atoms with van der Waals surface area (Å²) >= 11 is 2.05. The fraction of sp³-hybridized carbons (Fsp3) is 0.500. The predicted octanol–water partition coefficient (Wildman–Crippen LogP) is 2.13. The molecule has 3 heteroatoms. The first kappa shape index (κ1) is 10.8. The summed E-state index contributed by atoms with van der Waals surface area (Å²) in [5.41, 5.74) is 9.28. The zero-order valence-corrected chi connectivity index (χ0v) is 10.0. The Morgan fingerprint density at radius 3 is 2.73 bits per heavy atom. The summed E-state index contributed by atoms with van der Waals surface area (Å²) < 4.78 is 0. The monoisotopic (exact) mass is 222 g/mol. The van der Waals surface area contributed by atoms with E-state index in [4.69, 9.17) is 5.73 Å². The molecule has 2 N–H and O–H groups in total. The lowest BCUT2D eigenvalue weighted by Crippen LogP contribution is -2.31. The highest BCUT2D eigenvalue weighted by Crippen LogP contribution is 2.16. The lowest BCUT2D eigenvalue weighted by molar-refractivity contribution is 0.294. The zero-order valence-electron chi connectivity index (χ0n) is 9.20. The molecule has 2 rings (SSSR count). The Morgan fingerprint density at radius 1 is 1.33 bits per heavy atom. The maximum Gasteiger partial charge on any atom is 0.0343 e. The molecule has 1 aliphatic heterocycles. The van der Waals surface area contributed by atoms with Gasteiger partial charge in [0, 0.05) is 36.8 Å². The van der Waals surface area contributed by atoms with E-state index >= 15 is 0 Å². The van der Waals surface area contributed by atoms with Crippen molar-refractivity contribution in [3.8, 4) is 0 Å². The van der Waals surface area contributed by atoms with Crippen molar-refractivity contribution in [1.29, 1.82) is 0 Å². The first-order valence-corrected chi connectivity index (χ1v) is 6.56. The van der Waals surface area contributed by atoms with Gasteiger partial charge in [-0.3, -0.25) is 4.90 Å². The number of nitrogen functional groups attached to an aromatic ring is 1. The summed E-state index contributed by atoms with van der Waals surface area (Å²) in [6.07, 6.45) is 0. The minimum Gasteiger partial charge on any atom is -0.399 e. The highest BCUT2D eigenvalue weighted by Gasteiger charge is 2.10. The van der Waals surface area contributed by atoms with Gasteiger partial charge >= 0.3 is 0 Å². The first-order chi connectivity index (χ1) is 7.25. The van der Waals surface area contributed by atoms with E-state index in [-0.39, 0.29) is 0 Å². The van der Waals surface area contributed by atoms with E-state index in [0.717, 1.165) is 12.2 Å². The quantitative estimate of drug-likeness (QED) is 0.777. The van der Waals surface area contributed by atoms with Gasteiger partial charge in [0.15, 0.2) is 0 Å². The number of nitrogens with two attached hydrogens (primary N) is 1. The molecule has 2 nitrogen and oxygen atoms in total. The first-order valence-electron chi connectivity index (χ1n) is 5.41. The van der Waals surface area contributed by atoms with E-state index in [1.54, 1.807) is 0 Å². The van der Waals surface area contributed by atoms with Gasteiger partial charge in [-0.1, -0.05) is 12.1 Å². The van der Waals surface area contributed by atoms with Crippen molar-refractivity contribution in [3.63, 3.8) is 0 Å². The van der Waals surface area contributed by atoms with Crippen LogP contribution in [-0.2, 0) is 6.54 Å². The molecule has 0 amide bonds. The van der Waals surface area contributed by atoms with Crippen LogP contribution in [0.2, 0.25) is 0 Å². The summed E-state index contributed by atoms with van der Waals surface area (Å²) in [6, 6.07) is 6.37. The lowest BCUT2D eigenvalue weighted by atomic mass is 10.1. The van der Waals surface area contributed by atoms with Crippen molar-refractivity contribution in [3.05, 3.63) is 29.3 Å². The van der Waals surface area contributed by atoms with E-state index in [2.05, 4.69) is 35.7 Å². The van der Waals surface area contributed by atoms with Crippen molar-refractivity contribution < 1.29 is 0 Å². The normalized spacial score (nSPS) is 17.9. The fourth-order valence-corrected chi connectivity index (χ4v) is 2.83. The van der Waals surface area contributed by atoms with Crippen LogP contribution in [0.5, 0.6) is 0 Å². The van der Waals surface area contributed by atoms with Crippen molar-refractivity contribution >= 4 is 17.4 Å². The molecule has 1 aliphatic rings. The fourth-order valence-electron chi connectivity index (χ4n) is 1.85. The second-order valence-corrected chi connectivity index (χ2v) is 5.30. The van der Waals surface area contributed by atoms with Crippen molar-refractivity contribution in [2.45, 2.75) is 13.5 Å². The van der Waals surface area contributed by atoms with Gasteiger partial charge in [-0.05, 0) is 24.1 Å². The van der Waals surface area contributed by atoms with E-state index in [0.29, 0.717) is 0 Å². The van der Waals surface area contributed by atoms with E-state index in [1.807, 2.05) is 6.07 Å². The molecule has 1 aromatic rings. The third-order valence-corrected chi connectivity index (χ3v) is 3.79. The molecular weight excluding hydrogens is 204 g/mol. The standard InChI is InChI=1S/C12H18N2S/c1-10-8-11(2-3-12(10)13)9-14-4-6-15-7-5-14/h2-3,8H,4-7,9,13H2,1H3. The van der Waals surface area contributed by atoms with Crippen LogP contribution < -0.4 is 5.73 Å². The van der Waals surface area contributed by atoms with Crippen LogP contribution in [0.15, 0.2) is 18.2 Å². The summed E-state index contributed by atoms with van der Waals surface area (Å²) in [4.78, 5) is 2.52. The van der Waals surface area contributed by atoms with Gasteiger partial charge < -0.3 is 5.73 Å². The van der Waals surface area contributed by atoms with Crippen LogP contribution in [0.1, 0.15) is 11.1 Å². The molecule has 15 heavy (non-hydrogen) atoms. The third kappa shape index (κ3) is 2.89. The van der Waals surface area contributed by atoms with Crippen LogP contribution in [0.25, 0.3) is 0 Å². The Bertz CT molecular complexity index is 332. The average molecular weight is 222 g/mol. The maximum atomic E-state index is 5.80. The molecule has 1 fully saturated rings. The second-order valence-electron chi connectivity index (χ2n) is 4.08. The molecule has 0 unspecified atom stereocenters. The molecule has 0 spiro atoms. The van der Waals surface area contributed by atoms with Gasteiger partial charge in [0.2, 0.25) is 0 Å². The number of aryl methyl sites for hydroxylation is 1. The second kappa shape index (κ2) is 4.90. The van der Waals surface area contributed by atoms with Gasteiger partial charge in [-0.25, -0.2) is 0 Å². The topological polar surface area (TPSA) is 29.3 Å². The highest BCUT2D eigenvalue weighted by molar-refractivity contribution is 7.99. The van der Waals surface area contributed by atoms with Gasteiger partial charge in [-0.15, -0.1) is 0 Å². The molecule has 0 bridgehead atoms. The molecule has 1 aromatic carbocycles. The van der Waals surface area contributed by atoms with Crippen molar-refractivity contribution in [2.24, 2.45) is 0 Å². The number of rotatable bonds is 2. The van der Waals surface area contributed by atoms with Crippen molar-refractivity contribution in [1.82, 2.24) is 4.90 Å². The number of thioether (sulfide) groups is 1. The Hall–Kier alpha value is -0.670. The van der Waals surface area contributed by atoms with Crippen LogP contribution in [0.4, 0.5) is 5.69 Å². The van der Waals surface area contributed by atoms with Crippen LogP contribution >= 0.6 is 11.8 Å². The van der Waals surface area contributed by atoms with Gasteiger partial charge in [0.25, 0.3) is 0 Å². The number of hydrogen-bond donors (Lipinski definition) is 1. The highest BCUT2D eigenvalue weighted by atomic mass is 32.2. The molecule has 0 radical (unpaired) electrons. The molecule has 1 heterocycles. The minimum absolute atomic E-state index is 0.896. The Labute approximate surface area is 95.8 Å². The molecular formula is C12H18N2S. The summed E-state index contributed by atoms with van der Waals surface area (Å²) in [5.74, 6) is 2.54. The number of anilines is 1. The maximum absolute atomic E-state index is 5.80. The van der Waals surface area contributed by atoms with Gasteiger partial charge in [-0.2, -0.15) is 11.8 Å². The molecule has 0 aliphatic carbocycles. The number of hydrogen-bond acceptors (Lipinski definition) is 3. The van der Waals surface area contributed by atoms with Gasteiger partial charge in [0.1, 0.15) is 0 Å². The van der Waals surface area contributed by atoms with Crippen LogP contribution in [0, 0.1) is 6.92 Å². The minimum atomic E-state index is 0.896. The zero-order chi connectivity index (χ0) is 10.7. The molecule has 0 atom stereocenters. The lowest BCUT2D eigenvalue weighted by Gasteiger charge is -2.26. The molecule has 1 saturated heterocycles. The molecule has 82 valence electrons. The summed E-state index contributed by atoms with van der Waals surface area (Å²) in [7, 11) is 0. The summed E-state index contributed by atoms with van der Waals surface area (Å²) in [6.45, 7) is 5.58. The SMILES string of the molecule is Cc1cc(CN2CCSCC2)ccc1N. The largest absolute Gasteiger partial charge is 0.399 e. The Morgan fingerprint density at radius 2 is 2.07 bits per heavy atom. The third-order valence-electron chi connectivity index (χ3n) is 2.84. The van der Waals surface area contributed by atoms with Gasteiger partial charge in [0.05, 0.1) is 0 Å². The predicted molar refractivity (Wildman–Crippen MR) is 68.2 cm³/mol. The summed E-state index contributed by atoms with van der Waals surface area (Å²) in [5, 5.41) is 0. The van der Waals surface area contributed by atoms with E-state index in [1.165, 1.54) is 35.7 Å². The molecule has 0 aromatic heterocycles. The number of nitrogens with zero attached hydrogens (tertiary/aromatic N) is 1. The van der Waals surface area contributed by atoms with E-state index < -0.39 is 0 Å². The van der Waals surface area contributed by atoms with E-state index in [9.17, 15) is 0 Å². The Kier molecular flexibility index (Phi) is 3.54. The Balaban J connectivity index is 2.00.